The first kappa shape index (κ1) is 22.1. The SMILES string of the molecule is CCNC(=NCc1ccc(OC)c(OC)c1)NCCc1ccc(NC(C)=O)cc1. The second kappa shape index (κ2) is 11.6. The zero-order valence-electron chi connectivity index (χ0n) is 17.5. The number of nitrogens with one attached hydrogen (secondary N) is 3. The Bertz CT molecular complexity index is 819. The molecule has 0 heterocycles. The minimum atomic E-state index is -0.0691. The van der Waals surface area contributed by atoms with Crippen molar-refractivity contribution < 1.29 is 14.3 Å². The van der Waals surface area contributed by atoms with Gasteiger partial charge in [0.2, 0.25) is 5.91 Å². The van der Waals surface area contributed by atoms with Crippen LogP contribution < -0.4 is 25.4 Å². The van der Waals surface area contributed by atoms with Crippen molar-refractivity contribution in [3.05, 3.63) is 53.6 Å². The molecule has 1 amide bonds. The molecule has 0 aliphatic carbocycles. The van der Waals surface area contributed by atoms with Gasteiger partial charge in [-0.15, -0.1) is 0 Å². The second-order valence-corrected chi connectivity index (χ2v) is 6.44. The van der Waals surface area contributed by atoms with Crippen LogP contribution in [0.1, 0.15) is 25.0 Å². The number of nitrogens with zero attached hydrogens (tertiary/aromatic N) is 1. The molecule has 2 aromatic rings. The summed E-state index contributed by atoms with van der Waals surface area (Å²) >= 11 is 0. The van der Waals surface area contributed by atoms with Gasteiger partial charge in [-0.1, -0.05) is 18.2 Å². The Labute approximate surface area is 172 Å². The maximum atomic E-state index is 11.1. The minimum Gasteiger partial charge on any atom is -0.493 e. The fourth-order valence-corrected chi connectivity index (χ4v) is 2.77. The van der Waals surface area contributed by atoms with E-state index in [2.05, 4.69) is 20.9 Å². The molecule has 2 rings (SSSR count). The second-order valence-electron chi connectivity index (χ2n) is 6.44. The van der Waals surface area contributed by atoms with E-state index >= 15 is 0 Å². The first-order valence-electron chi connectivity index (χ1n) is 9.65. The Hall–Kier alpha value is -3.22. The van der Waals surface area contributed by atoms with Gasteiger partial charge in [-0.3, -0.25) is 4.79 Å². The molecule has 0 saturated heterocycles. The zero-order chi connectivity index (χ0) is 21.1. The van der Waals surface area contributed by atoms with Crippen molar-refractivity contribution in [2.24, 2.45) is 4.99 Å². The lowest BCUT2D eigenvalue weighted by Gasteiger charge is -2.12. The highest BCUT2D eigenvalue weighted by Gasteiger charge is 2.05. The maximum absolute atomic E-state index is 11.1. The molecule has 0 unspecified atom stereocenters. The van der Waals surface area contributed by atoms with E-state index in [0.29, 0.717) is 18.0 Å². The molecule has 0 aliphatic rings. The molecule has 156 valence electrons. The number of carbonyl (C=O) groups excluding carboxylic acids is 1. The summed E-state index contributed by atoms with van der Waals surface area (Å²) in [6.07, 6.45) is 0.848. The van der Waals surface area contributed by atoms with Crippen LogP contribution in [0.15, 0.2) is 47.5 Å². The van der Waals surface area contributed by atoms with E-state index in [1.54, 1.807) is 14.2 Å². The van der Waals surface area contributed by atoms with Gasteiger partial charge in [-0.2, -0.15) is 0 Å². The molecule has 7 heteroatoms. The van der Waals surface area contributed by atoms with Crippen LogP contribution in [0.4, 0.5) is 5.69 Å². The average molecular weight is 399 g/mol. The predicted molar refractivity (Wildman–Crippen MR) is 117 cm³/mol. The van der Waals surface area contributed by atoms with Crippen molar-refractivity contribution in [3.63, 3.8) is 0 Å². The first-order valence-corrected chi connectivity index (χ1v) is 9.65. The quantitative estimate of drug-likeness (QED) is 0.447. The lowest BCUT2D eigenvalue weighted by molar-refractivity contribution is -0.114. The molecule has 0 atom stereocenters. The maximum Gasteiger partial charge on any atom is 0.221 e. The van der Waals surface area contributed by atoms with Crippen molar-refractivity contribution in [3.8, 4) is 11.5 Å². The fraction of sp³-hybridized carbons (Fsp3) is 0.364. The summed E-state index contributed by atoms with van der Waals surface area (Å²) in [4.78, 5) is 15.7. The van der Waals surface area contributed by atoms with Gasteiger partial charge in [0.25, 0.3) is 0 Å². The summed E-state index contributed by atoms with van der Waals surface area (Å²) in [5.41, 5.74) is 3.02. The fourth-order valence-electron chi connectivity index (χ4n) is 2.77. The third-order valence-corrected chi connectivity index (χ3v) is 4.19. The number of aliphatic imine (C=N–C) groups is 1. The summed E-state index contributed by atoms with van der Waals surface area (Å²) in [5.74, 6) is 2.09. The minimum absolute atomic E-state index is 0.0691. The summed E-state index contributed by atoms with van der Waals surface area (Å²) in [5, 5.41) is 9.38. The number of ether oxygens (including phenoxy) is 2. The normalized spacial score (nSPS) is 11.0. The van der Waals surface area contributed by atoms with Crippen LogP contribution in [0.3, 0.4) is 0 Å². The standard InChI is InChI=1S/C22H30N4O3/c1-5-23-22(25-15-18-8-11-20(28-3)21(14-18)29-4)24-13-12-17-6-9-19(10-7-17)26-16(2)27/h6-11,14H,5,12-13,15H2,1-4H3,(H,26,27)(H2,23,24,25). The number of amides is 1. The van der Waals surface area contributed by atoms with E-state index < -0.39 is 0 Å². The van der Waals surface area contributed by atoms with Gasteiger partial charge >= 0.3 is 0 Å². The van der Waals surface area contributed by atoms with Gasteiger partial charge in [-0.25, -0.2) is 4.99 Å². The van der Waals surface area contributed by atoms with Crippen molar-refractivity contribution in [1.82, 2.24) is 10.6 Å². The van der Waals surface area contributed by atoms with Crippen molar-refractivity contribution in [1.29, 1.82) is 0 Å². The van der Waals surface area contributed by atoms with Gasteiger partial charge in [0, 0.05) is 25.7 Å². The average Bonchev–Trinajstić information content (AvgIpc) is 2.72. The van der Waals surface area contributed by atoms with Crippen LogP contribution in [0, 0.1) is 0 Å². The molecule has 0 aliphatic heterocycles. The van der Waals surface area contributed by atoms with Crippen LogP contribution in [0.5, 0.6) is 11.5 Å². The van der Waals surface area contributed by atoms with E-state index in [9.17, 15) is 4.79 Å². The number of rotatable bonds is 9. The third-order valence-electron chi connectivity index (χ3n) is 4.19. The van der Waals surface area contributed by atoms with Gasteiger partial charge in [0.1, 0.15) is 0 Å². The Morgan fingerprint density at radius 3 is 2.28 bits per heavy atom. The number of hydrogen-bond donors (Lipinski definition) is 3. The Morgan fingerprint density at radius 1 is 0.966 bits per heavy atom. The predicted octanol–water partition coefficient (Wildman–Crippen LogP) is 2.96. The van der Waals surface area contributed by atoms with Crippen LogP contribution >= 0.6 is 0 Å². The Kier molecular flexibility index (Phi) is 8.82. The molecule has 2 aromatic carbocycles. The Balaban J connectivity index is 1.91. The molecule has 0 fully saturated rings. The van der Waals surface area contributed by atoms with Gasteiger partial charge in [-0.05, 0) is 48.7 Å². The molecule has 29 heavy (non-hydrogen) atoms. The van der Waals surface area contributed by atoms with E-state index in [4.69, 9.17) is 9.47 Å². The lowest BCUT2D eigenvalue weighted by atomic mass is 10.1. The number of hydrogen-bond acceptors (Lipinski definition) is 4. The molecule has 0 saturated carbocycles. The summed E-state index contributed by atoms with van der Waals surface area (Å²) < 4.78 is 10.6. The monoisotopic (exact) mass is 398 g/mol. The van der Waals surface area contributed by atoms with Crippen LogP contribution in [-0.2, 0) is 17.8 Å². The van der Waals surface area contributed by atoms with Crippen molar-refractivity contribution >= 4 is 17.6 Å². The summed E-state index contributed by atoms with van der Waals surface area (Å²) in [6.45, 7) is 5.59. The lowest BCUT2D eigenvalue weighted by Crippen LogP contribution is -2.38. The molecule has 7 nitrogen and oxygen atoms in total. The van der Waals surface area contributed by atoms with Crippen LogP contribution in [0.2, 0.25) is 0 Å². The molecule has 3 N–H and O–H groups in total. The van der Waals surface area contributed by atoms with E-state index in [0.717, 1.165) is 36.7 Å². The molecular weight excluding hydrogens is 368 g/mol. The van der Waals surface area contributed by atoms with Crippen molar-refractivity contribution in [2.45, 2.75) is 26.8 Å². The van der Waals surface area contributed by atoms with E-state index in [-0.39, 0.29) is 5.91 Å². The molecule has 0 bridgehead atoms. The number of benzene rings is 2. The Morgan fingerprint density at radius 2 is 1.66 bits per heavy atom. The molecule has 0 aromatic heterocycles. The topological polar surface area (TPSA) is 84.0 Å². The summed E-state index contributed by atoms with van der Waals surface area (Å²) in [7, 11) is 3.25. The van der Waals surface area contributed by atoms with Gasteiger partial charge < -0.3 is 25.4 Å². The zero-order valence-corrected chi connectivity index (χ0v) is 17.5. The van der Waals surface area contributed by atoms with Crippen LogP contribution in [-0.4, -0.2) is 39.2 Å². The highest BCUT2D eigenvalue weighted by atomic mass is 16.5. The highest BCUT2D eigenvalue weighted by molar-refractivity contribution is 5.88. The number of carbonyl (C=O) groups is 1. The number of guanidine groups is 1. The third kappa shape index (κ3) is 7.37. The highest BCUT2D eigenvalue weighted by Crippen LogP contribution is 2.27. The smallest absolute Gasteiger partial charge is 0.221 e. The molecule has 0 radical (unpaired) electrons. The molecular formula is C22H30N4O3. The van der Waals surface area contributed by atoms with Gasteiger partial charge in [0.05, 0.1) is 20.8 Å². The number of anilines is 1. The van der Waals surface area contributed by atoms with E-state index in [1.165, 1.54) is 12.5 Å². The largest absolute Gasteiger partial charge is 0.493 e. The van der Waals surface area contributed by atoms with E-state index in [1.807, 2.05) is 49.4 Å². The first-order chi connectivity index (χ1) is 14.0. The van der Waals surface area contributed by atoms with Crippen molar-refractivity contribution in [2.75, 3.05) is 32.6 Å². The summed E-state index contributed by atoms with van der Waals surface area (Å²) in [6, 6.07) is 13.6. The van der Waals surface area contributed by atoms with Crippen LogP contribution in [0.25, 0.3) is 0 Å². The molecule has 0 spiro atoms. The van der Waals surface area contributed by atoms with Gasteiger partial charge in [0.15, 0.2) is 17.5 Å². The number of methoxy groups -OCH3 is 2.